The zero-order chi connectivity index (χ0) is 20.4. The van der Waals surface area contributed by atoms with Crippen LogP contribution in [0.2, 0.25) is 0 Å². The Morgan fingerprint density at radius 1 is 1.14 bits per heavy atom. The molecule has 0 saturated heterocycles. The Labute approximate surface area is 170 Å². The number of rotatable bonds is 5. The highest BCUT2D eigenvalue weighted by atomic mass is 32.1. The molecule has 0 spiro atoms. The van der Waals surface area contributed by atoms with Gasteiger partial charge in [-0.05, 0) is 17.2 Å². The van der Waals surface area contributed by atoms with Crippen LogP contribution in [0.4, 0.5) is 5.13 Å². The fourth-order valence-electron chi connectivity index (χ4n) is 3.23. The van der Waals surface area contributed by atoms with Crippen molar-refractivity contribution in [2.24, 2.45) is 0 Å². The van der Waals surface area contributed by atoms with E-state index in [0.717, 1.165) is 11.1 Å². The molecule has 3 aromatic rings. The summed E-state index contributed by atoms with van der Waals surface area (Å²) < 4.78 is 4.82. The van der Waals surface area contributed by atoms with Gasteiger partial charge in [0.1, 0.15) is 0 Å². The van der Waals surface area contributed by atoms with E-state index in [0.29, 0.717) is 15.6 Å². The molecule has 4 rings (SSSR count). The SMILES string of the molecule is COC(=O)c1nc(NC(=O)CC2NC(=O)c3ccccc32)sc1-c1ccccc1. The van der Waals surface area contributed by atoms with Crippen molar-refractivity contribution in [3.8, 4) is 10.4 Å². The Bertz CT molecular complexity index is 1090. The number of anilines is 1. The number of thiazole rings is 1. The number of esters is 1. The van der Waals surface area contributed by atoms with Crippen LogP contribution in [0.3, 0.4) is 0 Å². The molecule has 1 aliphatic rings. The molecular weight excluding hydrogens is 390 g/mol. The number of methoxy groups -OCH3 is 1. The highest BCUT2D eigenvalue weighted by Gasteiger charge is 2.30. The van der Waals surface area contributed by atoms with Crippen molar-refractivity contribution in [2.45, 2.75) is 12.5 Å². The van der Waals surface area contributed by atoms with Crippen LogP contribution in [0.1, 0.15) is 38.9 Å². The van der Waals surface area contributed by atoms with Gasteiger partial charge in [0.25, 0.3) is 5.91 Å². The number of ether oxygens (including phenoxy) is 1. The molecular formula is C21H17N3O4S. The number of amides is 2. The van der Waals surface area contributed by atoms with Crippen molar-refractivity contribution in [1.82, 2.24) is 10.3 Å². The lowest BCUT2D eigenvalue weighted by molar-refractivity contribution is -0.116. The summed E-state index contributed by atoms with van der Waals surface area (Å²) in [7, 11) is 1.29. The van der Waals surface area contributed by atoms with Gasteiger partial charge in [0.05, 0.1) is 24.4 Å². The van der Waals surface area contributed by atoms with Crippen LogP contribution in [-0.2, 0) is 9.53 Å². The largest absolute Gasteiger partial charge is 0.464 e. The number of nitrogens with one attached hydrogen (secondary N) is 2. The maximum absolute atomic E-state index is 12.6. The topological polar surface area (TPSA) is 97.4 Å². The van der Waals surface area contributed by atoms with E-state index in [9.17, 15) is 14.4 Å². The van der Waals surface area contributed by atoms with Crippen LogP contribution in [0.5, 0.6) is 0 Å². The number of hydrogen-bond acceptors (Lipinski definition) is 6. The predicted molar refractivity (Wildman–Crippen MR) is 109 cm³/mol. The number of hydrogen-bond donors (Lipinski definition) is 2. The molecule has 2 N–H and O–H groups in total. The number of nitrogens with zero attached hydrogens (tertiary/aromatic N) is 1. The van der Waals surface area contributed by atoms with Gasteiger partial charge in [-0.2, -0.15) is 0 Å². The summed E-state index contributed by atoms with van der Waals surface area (Å²) in [4.78, 5) is 41.6. The number of carbonyl (C=O) groups is 3. The summed E-state index contributed by atoms with van der Waals surface area (Å²) >= 11 is 1.20. The van der Waals surface area contributed by atoms with E-state index in [1.807, 2.05) is 42.5 Å². The van der Waals surface area contributed by atoms with Gasteiger partial charge in [-0.15, -0.1) is 0 Å². The van der Waals surface area contributed by atoms with E-state index in [4.69, 9.17) is 4.74 Å². The molecule has 0 aliphatic carbocycles. The zero-order valence-corrected chi connectivity index (χ0v) is 16.3. The normalized spacial score (nSPS) is 14.8. The Kier molecular flexibility index (Phi) is 5.09. The smallest absolute Gasteiger partial charge is 0.358 e. The molecule has 1 aliphatic heterocycles. The van der Waals surface area contributed by atoms with Crippen molar-refractivity contribution in [3.05, 3.63) is 71.4 Å². The monoisotopic (exact) mass is 407 g/mol. The zero-order valence-electron chi connectivity index (χ0n) is 15.5. The molecule has 0 bridgehead atoms. The number of benzene rings is 2. The van der Waals surface area contributed by atoms with Gasteiger partial charge in [-0.1, -0.05) is 59.9 Å². The number of aromatic nitrogens is 1. The van der Waals surface area contributed by atoms with E-state index in [2.05, 4.69) is 15.6 Å². The minimum absolute atomic E-state index is 0.0660. The Hall–Kier alpha value is -3.52. The maximum atomic E-state index is 12.6. The third-order valence-electron chi connectivity index (χ3n) is 4.56. The first kappa shape index (κ1) is 18.8. The first-order chi connectivity index (χ1) is 14.1. The second-order valence-corrected chi connectivity index (χ2v) is 7.42. The lowest BCUT2D eigenvalue weighted by atomic mass is 10.0. The maximum Gasteiger partial charge on any atom is 0.358 e. The summed E-state index contributed by atoms with van der Waals surface area (Å²) in [6, 6.07) is 16.1. The van der Waals surface area contributed by atoms with Crippen molar-refractivity contribution in [2.75, 3.05) is 12.4 Å². The fourth-order valence-corrected chi connectivity index (χ4v) is 4.21. The average molecular weight is 407 g/mol. The van der Waals surface area contributed by atoms with Gasteiger partial charge in [0.15, 0.2) is 10.8 Å². The van der Waals surface area contributed by atoms with E-state index in [1.54, 1.807) is 12.1 Å². The summed E-state index contributed by atoms with van der Waals surface area (Å²) in [6.45, 7) is 0. The highest BCUT2D eigenvalue weighted by Crippen LogP contribution is 2.34. The summed E-state index contributed by atoms with van der Waals surface area (Å²) in [5.41, 5.74) is 2.34. The van der Waals surface area contributed by atoms with E-state index in [-0.39, 0.29) is 23.9 Å². The Morgan fingerprint density at radius 2 is 1.86 bits per heavy atom. The highest BCUT2D eigenvalue weighted by molar-refractivity contribution is 7.19. The molecule has 1 aromatic heterocycles. The first-order valence-corrected chi connectivity index (χ1v) is 9.72. The van der Waals surface area contributed by atoms with Gasteiger partial charge in [0.2, 0.25) is 5.91 Å². The molecule has 0 fully saturated rings. The van der Waals surface area contributed by atoms with Crippen LogP contribution in [0, 0.1) is 0 Å². The third kappa shape index (κ3) is 3.74. The Balaban J connectivity index is 1.54. The molecule has 1 atom stereocenters. The van der Waals surface area contributed by atoms with Crippen LogP contribution in [-0.4, -0.2) is 29.9 Å². The molecule has 29 heavy (non-hydrogen) atoms. The minimum Gasteiger partial charge on any atom is -0.464 e. The van der Waals surface area contributed by atoms with Gasteiger partial charge in [-0.3, -0.25) is 9.59 Å². The second-order valence-electron chi connectivity index (χ2n) is 6.42. The number of fused-ring (bicyclic) bond motifs is 1. The lowest BCUT2D eigenvalue weighted by Crippen LogP contribution is -2.24. The number of carbonyl (C=O) groups excluding carboxylic acids is 3. The second kappa shape index (κ2) is 7.84. The van der Waals surface area contributed by atoms with Crippen molar-refractivity contribution >= 4 is 34.3 Å². The van der Waals surface area contributed by atoms with Gasteiger partial charge in [0, 0.05) is 5.56 Å². The molecule has 146 valence electrons. The summed E-state index contributed by atoms with van der Waals surface area (Å²) in [6.07, 6.45) is 0.0660. The molecule has 8 heteroatoms. The van der Waals surface area contributed by atoms with Gasteiger partial charge < -0.3 is 15.4 Å². The predicted octanol–water partition coefficient (Wildman–Crippen LogP) is 3.41. The van der Waals surface area contributed by atoms with Crippen molar-refractivity contribution < 1.29 is 19.1 Å². The molecule has 2 amide bonds. The van der Waals surface area contributed by atoms with Crippen LogP contribution in [0.15, 0.2) is 54.6 Å². The van der Waals surface area contributed by atoms with Crippen LogP contribution < -0.4 is 10.6 Å². The molecule has 1 unspecified atom stereocenters. The molecule has 0 radical (unpaired) electrons. The molecule has 2 aromatic carbocycles. The average Bonchev–Trinajstić information content (AvgIpc) is 3.30. The van der Waals surface area contributed by atoms with Crippen LogP contribution in [0.25, 0.3) is 10.4 Å². The minimum atomic E-state index is -0.572. The quantitative estimate of drug-likeness (QED) is 0.632. The summed E-state index contributed by atoms with van der Waals surface area (Å²) in [5.74, 6) is -1.07. The van der Waals surface area contributed by atoms with Crippen LogP contribution >= 0.6 is 11.3 Å². The van der Waals surface area contributed by atoms with E-state index in [1.165, 1.54) is 18.4 Å². The fraction of sp³-hybridized carbons (Fsp3) is 0.143. The molecule has 7 nitrogen and oxygen atoms in total. The summed E-state index contributed by atoms with van der Waals surface area (Å²) in [5, 5.41) is 5.85. The molecule has 0 saturated carbocycles. The lowest BCUT2D eigenvalue weighted by Gasteiger charge is -2.10. The Morgan fingerprint density at radius 3 is 2.62 bits per heavy atom. The molecule has 2 heterocycles. The van der Waals surface area contributed by atoms with E-state index < -0.39 is 12.0 Å². The first-order valence-electron chi connectivity index (χ1n) is 8.91. The third-order valence-corrected chi connectivity index (χ3v) is 5.58. The van der Waals surface area contributed by atoms with Gasteiger partial charge >= 0.3 is 5.97 Å². The van der Waals surface area contributed by atoms with Crippen molar-refractivity contribution in [1.29, 1.82) is 0 Å². The van der Waals surface area contributed by atoms with E-state index >= 15 is 0 Å². The van der Waals surface area contributed by atoms with Crippen molar-refractivity contribution in [3.63, 3.8) is 0 Å². The van der Waals surface area contributed by atoms with Gasteiger partial charge in [-0.25, -0.2) is 9.78 Å². The standard InChI is InChI=1S/C21H17N3O4S/c1-28-20(27)17-18(12-7-3-2-4-8-12)29-21(24-17)23-16(25)11-15-13-9-5-6-10-14(13)19(26)22-15/h2-10,15H,11H2,1H3,(H,22,26)(H,23,24,25).